The summed E-state index contributed by atoms with van der Waals surface area (Å²) in [7, 11) is 0. The summed E-state index contributed by atoms with van der Waals surface area (Å²) in [5.74, 6) is -0.123. The molecule has 0 radical (unpaired) electrons. The minimum atomic E-state index is -0.123. The first-order valence-electron chi connectivity index (χ1n) is 10.1. The van der Waals surface area contributed by atoms with Crippen LogP contribution in [0, 0.1) is 13.8 Å². The molecule has 0 unspecified atom stereocenters. The number of amides is 1. The number of fused-ring (bicyclic) bond motifs is 1. The predicted octanol–water partition coefficient (Wildman–Crippen LogP) is 5.00. The van der Waals surface area contributed by atoms with Crippen molar-refractivity contribution in [1.82, 2.24) is 9.99 Å². The summed E-state index contributed by atoms with van der Waals surface area (Å²) in [5, 5.41) is 5.32. The van der Waals surface area contributed by atoms with Crippen LogP contribution in [0.25, 0.3) is 10.9 Å². The zero-order valence-corrected chi connectivity index (χ0v) is 17.3. The van der Waals surface area contributed by atoms with Crippen LogP contribution < -0.4 is 5.43 Å². The highest BCUT2D eigenvalue weighted by molar-refractivity contribution is 5.99. The fraction of sp³-hybridized carbons (Fsp3) is 0.154. The van der Waals surface area contributed by atoms with Gasteiger partial charge in [-0.3, -0.25) is 4.79 Å². The van der Waals surface area contributed by atoms with Crippen molar-refractivity contribution >= 4 is 23.0 Å². The lowest BCUT2D eigenvalue weighted by Gasteiger charge is -2.05. The van der Waals surface area contributed by atoms with E-state index >= 15 is 0 Å². The van der Waals surface area contributed by atoms with Gasteiger partial charge in [0.1, 0.15) is 0 Å². The van der Waals surface area contributed by atoms with Gasteiger partial charge in [0.2, 0.25) is 5.91 Å². The number of hydrogen-bond donors (Lipinski definition) is 1. The third-order valence-electron chi connectivity index (χ3n) is 5.34. The van der Waals surface area contributed by atoms with E-state index in [4.69, 9.17) is 0 Å². The van der Waals surface area contributed by atoms with Crippen LogP contribution in [-0.4, -0.2) is 16.7 Å². The number of rotatable bonds is 6. The molecule has 4 aromatic rings. The van der Waals surface area contributed by atoms with Crippen molar-refractivity contribution in [3.63, 3.8) is 0 Å². The molecule has 0 bridgehead atoms. The fourth-order valence-corrected chi connectivity index (χ4v) is 3.60. The van der Waals surface area contributed by atoms with E-state index in [0.717, 1.165) is 28.6 Å². The smallest absolute Gasteiger partial charge is 0.244 e. The van der Waals surface area contributed by atoms with E-state index in [1.807, 2.05) is 30.3 Å². The molecule has 1 aromatic heterocycles. The van der Waals surface area contributed by atoms with Gasteiger partial charge >= 0.3 is 0 Å². The molecule has 1 N–H and O–H groups in total. The third-order valence-corrected chi connectivity index (χ3v) is 5.34. The van der Waals surface area contributed by atoms with Crippen molar-refractivity contribution in [3.05, 3.63) is 107 Å². The van der Waals surface area contributed by atoms with E-state index in [-0.39, 0.29) is 5.91 Å². The lowest BCUT2D eigenvalue weighted by Crippen LogP contribution is -2.19. The highest BCUT2D eigenvalue weighted by Gasteiger charge is 2.08. The molecular weight excluding hydrogens is 370 g/mol. The van der Waals surface area contributed by atoms with E-state index in [9.17, 15) is 4.79 Å². The summed E-state index contributed by atoms with van der Waals surface area (Å²) < 4.78 is 2.21. The first kappa shape index (κ1) is 19.6. The van der Waals surface area contributed by atoms with Gasteiger partial charge in [0.25, 0.3) is 0 Å². The SMILES string of the molecule is Cc1ccc(CC(=O)N/N=C\c2cn(Cc3ccccc3)c3ccccc23)cc1C. The lowest BCUT2D eigenvalue weighted by atomic mass is 10.0. The number of nitrogens with zero attached hydrogens (tertiary/aromatic N) is 2. The van der Waals surface area contributed by atoms with Crippen LogP contribution in [0.4, 0.5) is 0 Å². The van der Waals surface area contributed by atoms with Crippen LogP contribution in [-0.2, 0) is 17.8 Å². The normalized spacial score (nSPS) is 11.3. The maximum Gasteiger partial charge on any atom is 0.244 e. The largest absolute Gasteiger partial charge is 0.342 e. The number of aromatic nitrogens is 1. The van der Waals surface area contributed by atoms with Crippen molar-refractivity contribution in [2.75, 3.05) is 0 Å². The Hall–Kier alpha value is -3.66. The minimum absolute atomic E-state index is 0.123. The highest BCUT2D eigenvalue weighted by atomic mass is 16.2. The predicted molar refractivity (Wildman–Crippen MR) is 123 cm³/mol. The molecule has 150 valence electrons. The number of carbonyl (C=O) groups excluding carboxylic acids is 1. The molecule has 30 heavy (non-hydrogen) atoms. The number of aryl methyl sites for hydroxylation is 2. The molecule has 0 fully saturated rings. The first-order valence-corrected chi connectivity index (χ1v) is 10.1. The molecule has 0 aliphatic carbocycles. The molecule has 3 aromatic carbocycles. The molecule has 4 nitrogen and oxygen atoms in total. The van der Waals surface area contributed by atoms with Crippen molar-refractivity contribution in [2.45, 2.75) is 26.8 Å². The van der Waals surface area contributed by atoms with Crippen molar-refractivity contribution in [2.24, 2.45) is 5.10 Å². The molecule has 0 aliphatic rings. The fourth-order valence-electron chi connectivity index (χ4n) is 3.60. The van der Waals surface area contributed by atoms with Crippen molar-refractivity contribution in [1.29, 1.82) is 0 Å². The van der Waals surface area contributed by atoms with Crippen LogP contribution in [0.2, 0.25) is 0 Å². The second-order valence-corrected chi connectivity index (χ2v) is 7.60. The van der Waals surface area contributed by atoms with E-state index < -0.39 is 0 Å². The summed E-state index contributed by atoms with van der Waals surface area (Å²) in [6.45, 7) is 4.91. The van der Waals surface area contributed by atoms with Gasteiger partial charge < -0.3 is 4.57 Å². The molecule has 4 heteroatoms. The Kier molecular flexibility index (Phi) is 5.75. The molecule has 1 heterocycles. The number of benzene rings is 3. The Morgan fingerprint density at radius 3 is 2.50 bits per heavy atom. The molecule has 0 aliphatic heterocycles. The Bertz CT molecular complexity index is 1210. The monoisotopic (exact) mass is 395 g/mol. The standard InChI is InChI=1S/C26H25N3O/c1-19-12-13-22(14-20(19)2)15-26(30)28-27-16-23-18-29(17-21-8-4-3-5-9-21)25-11-7-6-10-24(23)25/h3-14,16,18H,15,17H2,1-2H3,(H,28,30)/b27-16-. The van der Waals surface area contributed by atoms with Crippen molar-refractivity contribution in [3.8, 4) is 0 Å². The third kappa shape index (κ3) is 4.49. The first-order chi connectivity index (χ1) is 14.6. The van der Waals surface area contributed by atoms with E-state index in [0.29, 0.717) is 6.42 Å². The van der Waals surface area contributed by atoms with Gasteiger partial charge in [-0.2, -0.15) is 5.10 Å². The van der Waals surface area contributed by atoms with Crippen LogP contribution in [0.1, 0.15) is 27.8 Å². The summed E-state index contributed by atoms with van der Waals surface area (Å²) in [5.41, 5.74) is 9.43. The number of hydrogen-bond acceptors (Lipinski definition) is 2. The van der Waals surface area contributed by atoms with Crippen molar-refractivity contribution < 1.29 is 4.79 Å². The summed E-state index contributed by atoms with van der Waals surface area (Å²) in [4.78, 5) is 12.3. The quantitative estimate of drug-likeness (QED) is 0.362. The van der Waals surface area contributed by atoms with Gasteiger partial charge in [0.05, 0.1) is 12.6 Å². The molecular formula is C26H25N3O. The topological polar surface area (TPSA) is 46.4 Å². The molecule has 0 spiro atoms. The maximum atomic E-state index is 12.3. The van der Waals surface area contributed by atoms with E-state index in [1.165, 1.54) is 16.7 Å². The molecule has 4 rings (SSSR count). The van der Waals surface area contributed by atoms with Crippen LogP contribution in [0.15, 0.2) is 84.1 Å². The highest BCUT2D eigenvalue weighted by Crippen LogP contribution is 2.21. The van der Waals surface area contributed by atoms with Crippen LogP contribution in [0.5, 0.6) is 0 Å². The number of carbonyl (C=O) groups is 1. The Balaban J connectivity index is 1.48. The number of hydrazone groups is 1. The average Bonchev–Trinajstić information content (AvgIpc) is 3.09. The van der Waals surface area contributed by atoms with Gasteiger partial charge in [0, 0.05) is 29.2 Å². The zero-order chi connectivity index (χ0) is 20.9. The zero-order valence-electron chi connectivity index (χ0n) is 17.3. The summed E-state index contributed by atoms with van der Waals surface area (Å²) in [6.07, 6.45) is 4.12. The molecule has 0 atom stereocenters. The lowest BCUT2D eigenvalue weighted by molar-refractivity contribution is -0.120. The van der Waals surface area contributed by atoms with Gasteiger partial charge in [-0.05, 0) is 42.2 Å². The summed E-state index contributed by atoms with van der Waals surface area (Å²) >= 11 is 0. The maximum absolute atomic E-state index is 12.3. The van der Waals surface area contributed by atoms with Crippen LogP contribution >= 0.6 is 0 Å². The van der Waals surface area contributed by atoms with E-state index in [2.05, 4.69) is 77.6 Å². The van der Waals surface area contributed by atoms with Gasteiger partial charge in [-0.15, -0.1) is 0 Å². The number of para-hydroxylation sites is 1. The number of nitrogens with one attached hydrogen (secondary N) is 1. The molecule has 0 saturated heterocycles. The van der Waals surface area contributed by atoms with Crippen LogP contribution in [0.3, 0.4) is 0 Å². The minimum Gasteiger partial charge on any atom is -0.342 e. The summed E-state index contributed by atoms with van der Waals surface area (Å²) in [6, 6.07) is 24.7. The van der Waals surface area contributed by atoms with Gasteiger partial charge in [-0.1, -0.05) is 66.7 Å². The van der Waals surface area contributed by atoms with E-state index in [1.54, 1.807) is 6.21 Å². The second kappa shape index (κ2) is 8.78. The van der Waals surface area contributed by atoms with Gasteiger partial charge in [0.15, 0.2) is 0 Å². The Morgan fingerprint density at radius 1 is 0.933 bits per heavy atom. The Morgan fingerprint density at radius 2 is 1.70 bits per heavy atom. The average molecular weight is 396 g/mol. The Labute approximate surface area is 176 Å². The van der Waals surface area contributed by atoms with Gasteiger partial charge in [-0.25, -0.2) is 5.43 Å². The molecule has 1 amide bonds. The second-order valence-electron chi connectivity index (χ2n) is 7.60. The molecule has 0 saturated carbocycles.